The molecule has 0 aliphatic carbocycles. The van der Waals surface area contributed by atoms with Gasteiger partial charge in [-0.3, -0.25) is 0 Å². The van der Waals surface area contributed by atoms with Crippen molar-refractivity contribution in [3.05, 3.63) is 46.8 Å². The SMILES string of the molecule is C=C(C(C)C)[C@H](CNCC(C)C)c1ccc(Cl)c(F)c1. The smallest absolute Gasteiger partial charge is 0.142 e. The lowest BCUT2D eigenvalue weighted by atomic mass is 9.85. The van der Waals surface area contributed by atoms with E-state index in [2.05, 4.69) is 39.6 Å². The van der Waals surface area contributed by atoms with Crippen molar-refractivity contribution >= 4 is 11.6 Å². The second-order valence-corrected chi connectivity index (χ2v) is 6.42. The molecule has 0 aliphatic heterocycles. The maximum absolute atomic E-state index is 13.7. The summed E-state index contributed by atoms with van der Waals surface area (Å²) in [4.78, 5) is 0. The Morgan fingerprint density at radius 1 is 1.25 bits per heavy atom. The Hall–Kier alpha value is -0.860. The van der Waals surface area contributed by atoms with E-state index in [-0.39, 0.29) is 16.8 Å². The van der Waals surface area contributed by atoms with Gasteiger partial charge in [-0.15, -0.1) is 0 Å². The Kier molecular flexibility index (Phi) is 6.70. The van der Waals surface area contributed by atoms with Crippen LogP contribution in [0.2, 0.25) is 5.02 Å². The third-order valence-electron chi connectivity index (χ3n) is 3.44. The van der Waals surface area contributed by atoms with Gasteiger partial charge in [-0.05, 0) is 36.1 Å². The number of benzene rings is 1. The zero-order chi connectivity index (χ0) is 15.3. The highest BCUT2D eigenvalue weighted by molar-refractivity contribution is 6.30. The first-order valence-electron chi connectivity index (χ1n) is 7.17. The molecule has 0 aromatic heterocycles. The van der Waals surface area contributed by atoms with E-state index in [1.807, 2.05) is 6.07 Å². The summed E-state index contributed by atoms with van der Waals surface area (Å²) in [5, 5.41) is 3.60. The highest BCUT2D eigenvalue weighted by Crippen LogP contribution is 2.30. The van der Waals surface area contributed by atoms with Crippen LogP contribution in [0.4, 0.5) is 4.39 Å². The van der Waals surface area contributed by atoms with Gasteiger partial charge in [0.05, 0.1) is 5.02 Å². The van der Waals surface area contributed by atoms with Crippen molar-refractivity contribution in [2.24, 2.45) is 11.8 Å². The van der Waals surface area contributed by atoms with Crippen LogP contribution >= 0.6 is 11.6 Å². The van der Waals surface area contributed by atoms with Crippen molar-refractivity contribution in [1.29, 1.82) is 0 Å². The van der Waals surface area contributed by atoms with Crippen LogP contribution in [-0.2, 0) is 0 Å². The maximum atomic E-state index is 13.7. The van der Waals surface area contributed by atoms with Gasteiger partial charge in [0.2, 0.25) is 0 Å². The molecule has 0 saturated heterocycles. The Labute approximate surface area is 127 Å². The highest BCUT2D eigenvalue weighted by atomic mass is 35.5. The molecule has 1 aromatic carbocycles. The first-order valence-corrected chi connectivity index (χ1v) is 7.55. The van der Waals surface area contributed by atoms with Gasteiger partial charge in [-0.1, -0.05) is 57.5 Å². The van der Waals surface area contributed by atoms with Crippen LogP contribution in [0.1, 0.15) is 39.2 Å². The molecule has 3 heteroatoms. The zero-order valence-electron chi connectivity index (χ0n) is 12.8. The molecule has 1 nitrogen and oxygen atoms in total. The number of nitrogens with one attached hydrogen (secondary N) is 1. The fraction of sp³-hybridized carbons (Fsp3) is 0.529. The fourth-order valence-corrected chi connectivity index (χ4v) is 2.23. The summed E-state index contributed by atoms with van der Waals surface area (Å²) in [6, 6.07) is 5.04. The Morgan fingerprint density at radius 2 is 1.90 bits per heavy atom. The summed E-state index contributed by atoms with van der Waals surface area (Å²) in [6.07, 6.45) is 0. The second-order valence-electron chi connectivity index (χ2n) is 6.01. The van der Waals surface area contributed by atoms with Crippen LogP contribution in [-0.4, -0.2) is 13.1 Å². The molecular formula is C17H25ClFN. The standard InChI is InChI=1S/C17H25ClFN/c1-11(2)9-20-10-15(13(5)12(3)4)14-6-7-16(18)17(19)8-14/h6-8,11-12,15,20H,5,9-10H2,1-4H3/t15-/m0/s1. The summed E-state index contributed by atoms with van der Waals surface area (Å²) < 4.78 is 13.7. The molecule has 1 aromatic rings. The molecule has 0 bridgehead atoms. The van der Waals surface area contributed by atoms with E-state index < -0.39 is 0 Å². The molecule has 112 valence electrons. The summed E-state index contributed by atoms with van der Waals surface area (Å²) in [5.74, 6) is 0.694. The van der Waals surface area contributed by atoms with Gasteiger partial charge in [0.1, 0.15) is 5.82 Å². The van der Waals surface area contributed by atoms with Crippen LogP contribution in [0.25, 0.3) is 0 Å². The van der Waals surface area contributed by atoms with E-state index in [1.54, 1.807) is 6.07 Å². The minimum absolute atomic E-state index is 0.112. The molecule has 1 rings (SSSR count). The minimum atomic E-state index is -0.366. The predicted molar refractivity (Wildman–Crippen MR) is 85.8 cm³/mol. The van der Waals surface area contributed by atoms with Gasteiger partial charge in [-0.2, -0.15) is 0 Å². The van der Waals surface area contributed by atoms with E-state index in [4.69, 9.17) is 11.6 Å². The molecule has 0 saturated carbocycles. The van der Waals surface area contributed by atoms with Crippen molar-refractivity contribution in [3.63, 3.8) is 0 Å². The average molecular weight is 298 g/mol. The first-order chi connectivity index (χ1) is 9.32. The lowest BCUT2D eigenvalue weighted by Gasteiger charge is -2.24. The van der Waals surface area contributed by atoms with E-state index in [0.717, 1.165) is 24.2 Å². The van der Waals surface area contributed by atoms with Gasteiger partial charge < -0.3 is 5.32 Å². The Bertz CT molecular complexity index is 454. The molecule has 0 heterocycles. The molecule has 0 unspecified atom stereocenters. The average Bonchev–Trinajstić information content (AvgIpc) is 2.37. The summed E-state index contributed by atoms with van der Waals surface area (Å²) in [5.41, 5.74) is 2.05. The van der Waals surface area contributed by atoms with E-state index >= 15 is 0 Å². The van der Waals surface area contributed by atoms with Crippen LogP contribution in [0.15, 0.2) is 30.4 Å². The second kappa shape index (κ2) is 7.80. The van der Waals surface area contributed by atoms with Crippen LogP contribution < -0.4 is 5.32 Å². The topological polar surface area (TPSA) is 12.0 Å². The lowest BCUT2D eigenvalue weighted by Crippen LogP contribution is -2.27. The molecule has 1 atom stereocenters. The molecule has 20 heavy (non-hydrogen) atoms. The van der Waals surface area contributed by atoms with E-state index in [1.165, 1.54) is 6.07 Å². The Balaban J connectivity index is 2.91. The normalized spacial score (nSPS) is 13.0. The summed E-state index contributed by atoms with van der Waals surface area (Å²) in [7, 11) is 0. The monoisotopic (exact) mass is 297 g/mol. The molecule has 0 amide bonds. The van der Waals surface area contributed by atoms with Gasteiger partial charge in [0, 0.05) is 12.5 Å². The quantitative estimate of drug-likeness (QED) is 0.697. The largest absolute Gasteiger partial charge is 0.316 e. The third kappa shape index (κ3) is 4.92. The maximum Gasteiger partial charge on any atom is 0.142 e. The first kappa shape index (κ1) is 17.2. The molecule has 0 fully saturated rings. The Morgan fingerprint density at radius 3 is 2.40 bits per heavy atom. The zero-order valence-corrected chi connectivity index (χ0v) is 13.6. The number of hydrogen-bond acceptors (Lipinski definition) is 1. The fourth-order valence-electron chi connectivity index (χ4n) is 2.11. The lowest BCUT2D eigenvalue weighted by molar-refractivity contribution is 0.519. The third-order valence-corrected chi connectivity index (χ3v) is 3.74. The molecule has 0 radical (unpaired) electrons. The molecular weight excluding hydrogens is 273 g/mol. The van der Waals surface area contributed by atoms with E-state index in [9.17, 15) is 4.39 Å². The van der Waals surface area contributed by atoms with Crippen LogP contribution in [0.3, 0.4) is 0 Å². The van der Waals surface area contributed by atoms with Crippen molar-refractivity contribution in [1.82, 2.24) is 5.32 Å². The van der Waals surface area contributed by atoms with E-state index in [0.29, 0.717) is 11.8 Å². The van der Waals surface area contributed by atoms with Gasteiger partial charge in [0.15, 0.2) is 0 Å². The van der Waals surface area contributed by atoms with Crippen LogP contribution in [0, 0.1) is 17.7 Å². The van der Waals surface area contributed by atoms with Crippen LogP contribution in [0.5, 0.6) is 0 Å². The summed E-state index contributed by atoms with van der Waals surface area (Å²) >= 11 is 5.76. The van der Waals surface area contributed by atoms with Gasteiger partial charge >= 0.3 is 0 Å². The van der Waals surface area contributed by atoms with Crippen molar-refractivity contribution < 1.29 is 4.39 Å². The number of halogens is 2. The van der Waals surface area contributed by atoms with Crippen molar-refractivity contribution in [3.8, 4) is 0 Å². The van der Waals surface area contributed by atoms with Gasteiger partial charge in [-0.25, -0.2) is 4.39 Å². The minimum Gasteiger partial charge on any atom is -0.316 e. The summed E-state index contributed by atoms with van der Waals surface area (Å²) in [6.45, 7) is 14.5. The number of hydrogen-bond donors (Lipinski definition) is 1. The number of rotatable bonds is 7. The van der Waals surface area contributed by atoms with Crippen molar-refractivity contribution in [2.75, 3.05) is 13.1 Å². The predicted octanol–water partition coefficient (Wildman–Crippen LogP) is 5.02. The molecule has 0 spiro atoms. The highest BCUT2D eigenvalue weighted by Gasteiger charge is 2.18. The molecule has 1 N–H and O–H groups in total. The molecule has 0 aliphatic rings. The van der Waals surface area contributed by atoms with Gasteiger partial charge in [0.25, 0.3) is 0 Å². The van der Waals surface area contributed by atoms with Crippen molar-refractivity contribution in [2.45, 2.75) is 33.6 Å².